The molecule has 3 heteroatoms. The molecule has 1 N–H and O–H groups in total. The van der Waals surface area contributed by atoms with E-state index >= 15 is 0 Å². The Kier molecular flexibility index (Phi) is 2.94. The van der Waals surface area contributed by atoms with Crippen LogP contribution in [0.4, 0.5) is 5.69 Å². The van der Waals surface area contributed by atoms with Gasteiger partial charge in [0.25, 0.3) is 5.91 Å². The summed E-state index contributed by atoms with van der Waals surface area (Å²) < 4.78 is 0. The van der Waals surface area contributed by atoms with Crippen LogP contribution in [0.1, 0.15) is 5.56 Å². The minimum absolute atomic E-state index is 0.467. The highest BCUT2D eigenvalue weighted by Gasteiger charge is 2.01. The molecule has 0 fully saturated rings. The molecule has 1 rings (SSSR count). The summed E-state index contributed by atoms with van der Waals surface area (Å²) in [4.78, 5) is 10.9. The maximum absolute atomic E-state index is 10.9. The Bertz CT molecular complexity index is 379. The first-order valence-electron chi connectivity index (χ1n) is 3.67. The molecule has 0 saturated carbocycles. The summed E-state index contributed by atoms with van der Waals surface area (Å²) in [5, 5.41) is 3.11. The SMILES string of the molecule is C#CC(=O)Nc1cc(Cl)ccc1C. The van der Waals surface area contributed by atoms with E-state index in [0.717, 1.165) is 5.56 Å². The number of hydrogen-bond acceptors (Lipinski definition) is 1. The molecule has 0 aliphatic heterocycles. The number of aryl methyl sites for hydroxylation is 1. The van der Waals surface area contributed by atoms with Crippen LogP contribution >= 0.6 is 11.6 Å². The van der Waals surface area contributed by atoms with Crippen LogP contribution in [0.3, 0.4) is 0 Å². The van der Waals surface area contributed by atoms with Crippen molar-refractivity contribution in [3.63, 3.8) is 0 Å². The normalized spacial score (nSPS) is 9.00. The van der Waals surface area contributed by atoms with Crippen LogP contribution in [0.2, 0.25) is 5.02 Å². The van der Waals surface area contributed by atoms with Crippen LogP contribution in [0.15, 0.2) is 18.2 Å². The molecule has 0 unspecified atom stereocenters. The molecule has 13 heavy (non-hydrogen) atoms. The van der Waals surface area contributed by atoms with Crippen LogP contribution in [0, 0.1) is 19.3 Å². The molecule has 0 atom stereocenters. The van der Waals surface area contributed by atoms with Gasteiger partial charge in [-0.2, -0.15) is 0 Å². The quantitative estimate of drug-likeness (QED) is 0.681. The molecule has 0 aliphatic rings. The summed E-state index contributed by atoms with van der Waals surface area (Å²) in [6, 6.07) is 5.23. The van der Waals surface area contributed by atoms with Crippen molar-refractivity contribution >= 4 is 23.2 Å². The van der Waals surface area contributed by atoms with Crippen molar-refractivity contribution in [3.05, 3.63) is 28.8 Å². The lowest BCUT2D eigenvalue weighted by molar-refractivity contribution is -0.111. The number of benzene rings is 1. The molecule has 0 bridgehead atoms. The Hall–Kier alpha value is -1.46. The second-order valence-electron chi connectivity index (χ2n) is 2.56. The predicted octanol–water partition coefficient (Wildman–Crippen LogP) is 2.22. The molecule has 2 nitrogen and oxygen atoms in total. The minimum atomic E-state index is -0.467. The van der Waals surface area contributed by atoms with Gasteiger partial charge in [0.15, 0.2) is 0 Å². The molecule has 0 aliphatic carbocycles. The van der Waals surface area contributed by atoms with Crippen molar-refractivity contribution in [2.75, 3.05) is 5.32 Å². The number of nitrogens with one attached hydrogen (secondary N) is 1. The Morgan fingerprint density at radius 2 is 2.31 bits per heavy atom. The fraction of sp³-hybridized carbons (Fsp3) is 0.100. The second-order valence-corrected chi connectivity index (χ2v) is 2.99. The highest BCUT2D eigenvalue weighted by atomic mass is 35.5. The largest absolute Gasteiger partial charge is 0.315 e. The van der Waals surface area contributed by atoms with Crippen molar-refractivity contribution in [2.45, 2.75) is 6.92 Å². The number of rotatable bonds is 1. The maximum atomic E-state index is 10.9. The summed E-state index contributed by atoms with van der Waals surface area (Å²) in [6.07, 6.45) is 4.91. The highest BCUT2D eigenvalue weighted by molar-refractivity contribution is 6.31. The predicted molar refractivity (Wildman–Crippen MR) is 53.7 cm³/mol. The van der Waals surface area contributed by atoms with E-state index in [1.807, 2.05) is 18.9 Å². The van der Waals surface area contributed by atoms with Gasteiger partial charge in [-0.05, 0) is 30.5 Å². The van der Waals surface area contributed by atoms with Gasteiger partial charge in [0, 0.05) is 10.7 Å². The van der Waals surface area contributed by atoms with Gasteiger partial charge in [0.1, 0.15) is 0 Å². The summed E-state index contributed by atoms with van der Waals surface area (Å²) >= 11 is 5.74. The maximum Gasteiger partial charge on any atom is 0.300 e. The third kappa shape index (κ3) is 2.50. The number of anilines is 1. The van der Waals surface area contributed by atoms with Crippen LogP contribution in [0.5, 0.6) is 0 Å². The molecule has 1 aromatic carbocycles. The summed E-state index contributed by atoms with van der Waals surface area (Å²) in [6.45, 7) is 1.86. The van der Waals surface area contributed by atoms with Gasteiger partial charge < -0.3 is 5.32 Å². The van der Waals surface area contributed by atoms with Gasteiger partial charge in [-0.15, -0.1) is 6.42 Å². The average molecular weight is 194 g/mol. The zero-order valence-corrected chi connectivity index (χ0v) is 7.85. The first-order chi connectivity index (χ1) is 6.13. The molecule has 1 amide bonds. The lowest BCUT2D eigenvalue weighted by Crippen LogP contribution is -2.08. The lowest BCUT2D eigenvalue weighted by Gasteiger charge is -2.05. The minimum Gasteiger partial charge on any atom is -0.315 e. The topological polar surface area (TPSA) is 29.1 Å². The van der Waals surface area contributed by atoms with Gasteiger partial charge >= 0.3 is 0 Å². The van der Waals surface area contributed by atoms with Crippen molar-refractivity contribution in [2.24, 2.45) is 0 Å². The Morgan fingerprint density at radius 3 is 2.92 bits per heavy atom. The van der Waals surface area contributed by atoms with Crippen LogP contribution in [-0.4, -0.2) is 5.91 Å². The van der Waals surface area contributed by atoms with Crippen LogP contribution in [0.25, 0.3) is 0 Å². The molecule has 1 aromatic rings. The van der Waals surface area contributed by atoms with E-state index in [1.165, 1.54) is 0 Å². The number of terminal acetylenes is 1. The Labute approximate surface area is 81.9 Å². The van der Waals surface area contributed by atoms with Crippen molar-refractivity contribution in [3.8, 4) is 12.3 Å². The second kappa shape index (κ2) is 3.97. The molecule has 0 saturated heterocycles. The van der Waals surface area contributed by atoms with Gasteiger partial charge in [-0.1, -0.05) is 17.7 Å². The average Bonchev–Trinajstić information content (AvgIpc) is 2.11. The summed E-state index contributed by atoms with van der Waals surface area (Å²) in [5.41, 5.74) is 1.57. The molecule has 0 radical (unpaired) electrons. The monoisotopic (exact) mass is 193 g/mol. The van der Waals surface area contributed by atoms with E-state index in [2.05, 4.69) is 5.32 Å². The molecule has 0 spiro atoms. The zero-order chi connectivity index (χ0) is 9.84. The van der Waals surface area contributed by atoms with Crippen LogP contribution in [-0.2, 0) is 4.79 Å². The lowest BCUT2D eigenvalue weighted by atomic mass is 10.2. The zero-order valence-electron chi connectivity index (χ0n) is 7.10. The summed E-state index contributed by atoms with van der Waals surface area (Å²) in [5.74, 6) is 1.50. The molecular formula is C10H8ClNO. The van der Waals surface area contributed by atoms with E-state index in [-0.39, 0.29) is 0 Å². The first-order valence-corrected chi connectivity index (χ1v) is 4.05. The third-order valence-corrected chi connectivity index (χ3v) is 1.81. The van der Waals surface area contributed by atoms with E-state index in [9.17, 15) is 4.79 Å². The van der Waals surface area contributed by atoms with E-state index in [1.54, 1.807) is 12.1 Å². The number of halogens is 1. The van der Waals surface area contributed by atoms with Gasteiger partial charge in [0.2, 0.25) is 0 Å². The molecule has 66 valence electrons. The molecular weight excluding hydrogens is 186 g/mol. The molecule has 0 heterocycles. The number of carbonyl (C=O) groups is 1. The fourth-order valence-corrected chi connectivity index (χ4v) is 1.06. The third-order valence-electron chi connectivity index (χ3n) is 1.58. The number of amides is 1. The van der Waals surface area contributed by atoms with E-state index in [4.69, 9.17) is 18.0 Å². The van der Waals surface area contributed by atoms with Gasteiger partial charge in [0.05, 0.1) is 0 Å². The van der Waals surface area contributed by atoms with Gasteiger partial charge in [-0.3, -0.25) is 4.79 Å². The summed E-state index contributed by atoms with van der Waals surface area (Å²) in [7, 11) is 0. The Balaban J connectivity index is 2.95. The smallest absolute Gasteiger partial charge is 0.300 e. The fourth-order valence-electron chi connectivity index (χ4n) is 0.887. The van der Waals surface area contributed by atoms with E-state index < -0.39 is 5.91 Å². The highest BCUT2D eigenvalue weighted by Crippen LogP contribution is 2.19. The van der Waals surface area contributed by atoms with Crippen LogP contribution < -0.4 is 5.32 Å². The number of hydrogen-bond donors (Lipinski definition) is 1. The van der Waals surface area contributed by atoms with Crippen molar-refractivity contribution < 1.29 is 4.79 Å². The Morgan fingerprint density at radius 1 is 1.62 bits per heavy atom. The van der Waals surface area contributed by atoms with Gasteiger partial charge in [-0.25, -0.2) is 0 Å². The van der Waals surface area contributed by atoms with Crippen molar-refractivity contribution in [1.29, 1.82) is 0 Å². The first kappa shape index (κ1) is 9.63. The van der Waals surface area contributed by atoms with E-state index in [0.29, 0.717) is 10.7 Å². The standard InChI is InChI=1S/C10H8ClNO/c1-3-10(13)12-9-6-8(11)5-4-7(9)2/h1,4-6H,2H3,(H,12,13). The van der Waals surface area contributed by atoms with Crippen molar-refractivity contribution in [1.82, 2.24) is 0 Å². The number of carbonyl (C=O) groups excluding carboxylic acids is 1. The molecule has 0 aromatic heterocycles.